The number of amides is 1. The minimum absolute atomic E-state index is 0.0797. The molecule has 0 aliphatic rings. The highest BCUT2D eigenvalue weighted by atomic mass is 32.2. The van der Waals surface area contributed by atoms with Gasteiger partial charge in [0.05, 0.1) is 6.04 Å². The van der Waals surface area contributed by atoms with E-state index in [-0.39, 0.29) is 27.7 Å². The van der Waals surface area contributed by atoms with Crippen molar-refractivity contribution >= 4 is 27.3 Å². The van der Waals surface area contributed by atoms with E-state index in [1.165, 1.54) is 39.8 Å². The molecule has 1 amide bonds. The van der Waals surface area contributed by atoms with Gasteiger partial charge in [-0.3, -0.25) is 4.79 Å². The van der Waals surface area contributed by atoms with Crippen molar-refractivity contribution in [2.75, 3.05) is 24.3 Å². The summed E-state index contributed by atoms with van der Waals surface area (Å²) in [7, 11) is -1.12. The van der Waals surface area contributed by atoms with E-state index in [1.54, 1.807) is 0 Å². The standard InChI is InChI=1S/C16H20F2N4O4S/c1-8-15(10(3)26-20-8)27(24,25)21-9(2)16(23)19-11-6-12(17)14(22(4)5)13(18)7-11/h6-7,9,21H,1-5H3,(H,19,23)/t9-/m0/s1. The summed E-state index contributed by atoms with van der Waals surface area (Å²) in [5.74, 6) is -2.43. The maximum absolute atomic E-state index is 14.0. The van der Waals surface area contributed by atoms with Gasteiger partial charge in [-0.1, -0.05) is 5.16 Å². The fourth-order valence-corrected chi connectivity index (χ4v) is 4.05. The zero-order valence-corrected chi connectivity index (χ0v) is 16.2. The molecular formula is C16H20F2N4O4S. The Labute approximate surface area is 155 Å². The first-order valence-electron chi connectivity index (χ1n) is 7.86. The number of hydrogen-bond acceptors (Lipinski definition) is 6. The normalized spacial score (nSPS) is 12.7. The number of sulfonamides is 1. The molecule has 1 aromatic heterocycles. The van der Waals surface area contributed by atoms with Crippen molar-refractivity contribution in [2.45, 2.75) is 31.7 Å². The average Bonchev–Trinajstić information content (AvgIpc) is 2.85. The van der Waals surface area contributed by atoms with Crippen LogP contribution in [0.15, 0.2) is 21.6 Å². The van der Waals surface area contributed by atoms with Gasteiger partial charge in [-0.25, -0.2) is 17.2 Å². The number of carbonyl (C=O) groups is 1. The van der Waals surface area contributed by atoms with Crippen LogP contribution in [0.3, 0.4) is 0 Å². The average molecular weight is 402 g/mol. The summed E-state index contributed by atoms with van der Waals surface area (Å²) < 4.78 is 59.8. The van der Waals surface area contributed by atoms with Crippen molar-refractivity contribution in [3.05, 3.63) is 35.2 Å². The van der Waals surface area contributed by atoms with Gasteiger partial charge < -0.3 is 14.7 Å². The second kappa shape index (κ2) is 7.61. The molecule has 2 N–H and O–H groups in total. The number of aryl methyl sites for hydroxylation is 2. The van der Waals surface area contributed by atoms with Gasteiger partial charge in [0.2, 0.25) is 15.9 Å². The molecular weight excluding hydrogens is 382 g/mol. The van der Waals surface area contributed by atoms with E-state index < -0.39 is 33.6 Å². The predicted molar refractivity (Wildman–Crippen MR) is 95.1 cm³/mol. The molecule has 1 aromatic carbocycles. The molecule has 0 spiro atoms. The number of anilines is 2. The molecule has 2 rings (SSSR count). The molecule has 0 aliphatic carbocycles. The van der Waals surface area contributed by atoms with Crippen molar-refractivity contribution in [3.8, 4) is 0 Å². The van der Waals surface area contributed by atoms with Crippen LogP contribution in [0, 0.1) is 25.5 Å². The Hall–Kier alpha value is -2.53. The van der Waals surface area contributed by atoms with Crippen molar-refractivity contribution in [2.24, 2.45) is 0 Å². The fourth-order valence-electron chi connectivity index (χ4n) is 2.52. The maximum Gasteiger partial charge on any atom is 0.246 e. The summed E-state index contributed by atoms with van der Waals surface area (Å²) >= 11 is 0. The third-order valence-corrected chi connectivity index (χ3v) is 5.48. The van der Waals surface area contributed by atoms with Gasteiger partial charge >= 0.3 is 0 Å². The second-order valence-corrected chi connectivity index (χ2v) is 7.82. The lowest BCUT2D eigenvalue weighted by molar-refractivity contribution is -0.117. The molecule has 0 unspecified atom stereocenters. The summed E-state index contributed by atoms with van der Waals surface area (Å²) in [6.45, 7) is 4.18. The Bertz CT molecular complexity index is 930. The van der Waals surface area contributed by atoms with Crippen LogP contribution < -0.4 is 14.9 Å². The smallest absolute Gasteiger partial charge is 0.246 e. The fraction of sp³-hybridized carbons (Fsp3) is 0.375. The van der Waals surface area contributed by atoms with Crippen LogP contribution in [-0.4, -0.2) is 39.6 Å². The van der Waals surface area contributed by atoms with E-state index in [2.05, 4.69) is 15.2 Å². The highest BCUT2D eigenvalue weighted by molar-refractivity contribution is 7.89. The zero-order chi connectivity index (χ0) is 20.5. The SMILES string of the molecule is Cc1noc(C)c1S(=O)(=O)N[C@@H](C)C(=O)Nc1cc(F)c(N(C)C)c(F)c1. The van der Waals surface area contributed by atoms with Crippen molar-refractivity contribution < 1.29 is 26.5 Å². The van der Waals surface area contributed by atoms with Gasteiger partial charge in [0.1, 0.15) is 16.3 Å². The van der Waals surface area contributed by atoms with E-state index in [0.717, 1.165) is 12.1 Å². The number of carbonyl (C=O) groups excluding carboxylic acids is 1. The molecule has 0 radical (unpaired) electrons. The summed E-state index contributed by atoms with van der Waals surface area (Å²) in [4.78, 5) is 13.3. The van der Waals surface area contributed by atoms with E-state index in [9.17, 15) is 22.0 Å². The first kappa shape index (κ1) is 20.8. The Morgan fingerprint density at radius 2 is 1.78 bits per heavy atom. The van der Waals surface area contributed by atoms with Crippen LogP contribution in [-0.2, 0) is 14.8 Å². The summed E-state index contributed by atoms with van der Waals surface area (Å²) in [5.41, 5.74) is -0.236. The number of aromatic nitrogens is 1. The molecule has 1 atom stereocenters. The van der Waals surface area contributed by atoms with Gasteiger partial charge in [0.25, 0.3) is 0 Å². The van der Waals surface area contributed by atoms with E-state index >= 15 is 0 Å². The van der Waals surface area contributed by atoms with Crippen molar-refractivity contribution in [1.29, 1.82) is 0 Å². The number of rotatable bonds is 6. The van der Waals surface area contributed by atoms with Crippen molar-refractivity contribution in [1.82, 2.24) is 9.88 Å². The third-order valence-electron chi connectivity index (χ3n) is 3.69. The molecule has 0 aliphatic heterocycles. The Morgan fingerprint density at radius 1 is 1.22 bits per heavy atom. The van der Waals surface area contributed by atoms with Crippen LogP contribution in [0.1, 0.15) is 18.4 Å². The summed E-state index contributed by atoms with van der Waals surface area (Å²) in [5, 5.41) is 5.85. The second-order valence-electron chi connectivity index (χ2n) is 6.17. The van der Waals surface area contributed by atoms with E-state index in [0.29, 0.717) is 0 Å². The minimum Gasteiger partial charge on any atom is -0.373 e. The van der Waals surface area contributed by atoms with Gasteiger partial charge in [-0.2, -0.15) is 4.72 Å². The monoisotopic (exact) mass is 402 g/mol. The molecule has 27 heavy (non-hydrogen) atoms. The summed E-state index contributed by atoms with van der Waals surface area (Å²) in [6.07, 6.45) is 0. The van der Waals surface area contributed by atoms with E-state index in [4.69, 9.17) is 4.52 Å². The molecule has 1 heterocycles. The predicted octanol–water partition coefficient (Wildman–Crippen LogP) is 1.94. The molecule has 0 saturated carbocycles. The molecule has 0 fully saturated rings. The number of hydrogen-bond donors (Lipinski definition) is 2. The molecule has 8 nitrogen and oxygen atoms in total. The molecule has 0 saturated heterocycles. The zero-order valence-electron chi connectivity index (χ0n) is 15.4. The number of nitrogens with zero attached hydrogens (tertiary/aromatic N) is 2. The highest BCUT2D eigenvalue weighted by Crippen LogP contribution is 2.25. The minimum atomic E-state index is -4.07. The van der Waals surface area contributed by atoms with Crippen molar-refractivity contribution in [3.63, 3.8) is 0 Å². The van der Waals surface area contributed by atoms with Gasteiger partial charge in [0.15, 0.2) is 17.4 Å². The van der Waals surface area contributed by atoms with Crippen LogP contribution in [0.5, 0.6) is 0 Å². The van der Waals surface area contributed by atoms with Gasteiger partial charge in [-0.15, -0.1) is 0 Å². The third kappa shape index (κ3) is 4.42. The maximum atomic E-state index is 14.0. The van der Waals surface area contributed by atoms with Gasteiger partial charge in [-0.05, 0) is 32.9 Å². The molecule has 148 valence electrons. The highest BCUT2D eigenvalue weighted by Gasteiger charge is 2.28. The number of benzene rings is 1. The first-order chi connectivity index (χ1) is 12.4. The number of halogens is 2. The lowest BCUT2D eigenvalue weighted by atomic mass is 10.2. The Balaban J connectivity index is 2.17. The van der Waals surface area contributed by atoms with E-state index in [1.807, 2.05) is 0 Å². The molecule has 0 bridgehead atoms. The topological polar surface area (TPSA) is 105 Å². The summed E-state index contributed by atoms with van der Waals surface area (Å²) in [6, 6.07) is 0.681. The Morgan fingerprint density at radius 3 is 2.22 bits per heavy atom. The molecule has 2 aromatic rings. The largest absolute Gasteiger partial charge is 0.373 e. The Kier molecular flexibility index (Phi) is 5.85. The number of nitrogens with one attached hydrogen (secondary N) is 2. The van der Waals surface area contributed by atoms with Crippen LogP contribution in [0.2, 0.25) is 0 Å². The van der Waals surface area contributed by atoms with Crippen LogP contribution in [0.25, 0.3) is 0 Å². The lowest BCUT2D eigenvalue weighted by Crippen LogP contribution is -2.41. The van der Waals surface area contributed by atoms with Crippen LogP contribution >= 0.6 is 0 Å². The van der Waals surface area contributed by atoms with Gasteiger partial charge in [0, 0.05) is 19.8 Å². The van der Waals surface area contributed by atoms with Crippen LogP contribution in [0.4, 0.5) is 20.2 Å². The molecule has 11 heteroatoms. The lowest BCUT2D eigenvalue weighted by Gasteiger charge is -2.17. The first-order valence-corrected chi connectivity index (χ1v) is 9.34. The quantitative estimate of drug-likeness (QED) is 0.765.